The van der Waals surface area contributed by atoms with Crippen LogP contribution in [0.3, 0.4) is 0 Å². The van der Waals surface area contributed by atoms with Gasteiger partial charge < -0.3 is 10.6 Å². The number of benzene rings is 2. The van der Waals surface area contributed by atoms with Crippen molar-refractivity contribution in [1.82, 2.24) is 10.3 Å². The Morgan fingerprint density at radius 2 is 1.73 bits per heavy atom. The molecule has 130 valence electrons. The summed E-state index contributed by atoms with van der Waals surface area (Å²) in [7, 11) is 0. The van der Waals surface area contributed by atoms with E-state index in [9.17, 15) is 9.59 Å². The summed E-state index contributed by atoms with van der Waals surface area (Å²) >= 11 is 0. The third-order valence-electron chi connectivity index (χ3n) is 3.96. The fourth-order valence-corrected chi connectivity index (χ4v) is 2.47. The zero-order valence-corrected chi connectivity index (χ0v) is 14.4. The summed E-state index contributed by atoms with van der Waals surface area (Å²) in [4.78, 5) is 28.8. The molecular weight excluding hydrogens is 326 g/mol. The first-order valence-corrected chi connectivity index (χ1v) is 8.27. The summed E-state index contributed by atoms with van der Waals surface area (Å²) in [6.45, 7) is 2.28. The van der Waals surface area contributed by atoms with Gasteiger partial charge in [-0.2, -0.15) is 0 Å². The number of rotatable bonds is 5. The smallest absolute Gasteiger partial charge is 0.255 e. The van der Waals surface area contributed by atoms with Crippen molar-refractivity contribution in [2.75, 3.05) is 5.32 Å². The van der Waals surface area contributed by atoms with Crippen LogP contribution in [0.1, 0.15) is 31.8 Å². The van der Waals surface area contributed by atoms with Gasteiger partial charge in [0.1, 0.15) is 0 Å². The molecule has 3 aromatic rings. The molecule has 2 N–H and O–H groups in total. The topological polar surface area (TPSA) is 71.1 Å². The minimum Gasteiger partial charge on any atom is -0.348 e. The lowest BCUT2D eigenvalue weighted by atomic mass is 10.1. The first-order chi connectivity index (χ1) is 12.6. The van der Waals surface area contributed by atoms with E-state index >= 15 is 0 Å². The van der Waals surface area contributed by atoms with Gasteiger partial charge in [0.25, 0.3) is 11.8 Å². The van der Waals surface area contributed by atoms with E-state index in [4.69, 9.17) is 0 Å². The van der Waals surface area contributed by atoms with Gasteiger partial charge >= 0.3 is 0 Å². The molecule has 0 aliphatic heterocycles. The molecule has 2 amide bonds. The predicted octanol–water partition coefficient (Wildman–Crippen LogP) is 3.57. The Balaban J connectivity index is 1.70. The number of hydrogen-bond donors (Lipinski definition) is 2. The molecule has 3 rings (SSSR count). The van der Waals surface area contributed by atoms with Crippen LogP contribution in [0.25, 0.3) is 0 Å². The summed E-state index contributed by atoms with van der Waals surface area (Å²) in [5, 5.41) is 5.72. The standard InChI is InChI=1S/C21H19N3O2/c1-15-9-10-18(20(25)23-14-16-6-5-11-22-13-16)12-19(15)24-21(26)17-7-3-2-4-8-17/h2-13H,14H2,1H3,(H,23,25)(H,24,26). The lowest BCUT2D eigenvalue weighted by Gasteiger charge is -2.11. The number of anilines is 1. The molecule has 0 fully saturated rings. The normalized spacial score (nSPS) is 10.2. The monoisotopic (exact) mass is 345 g/mol. The summed E-state index contributed by atoms with van der Waals surface area (Å²) in [5.41, 5.74) is 3.48. The minimum atomic E-state index is -0.207. The van der Waals surface area contributed by atoms with Crippen LogP contribution in [0.2, 0.25) is 0 Å². The van der Waals surface area contributed by atoms with Crippen LogP contribution in [0.5, 0.6) is 0 Å². The van der Waals surface area contributed by atoms with E-state index in [1.807, 2.05) is 43.3 Å². The number of aryl methyl sites for hydroxylation is 1. The molecule has 0 atom stereocenters. The third-order valence-corrected chi connectivity index (χ3v) is 3.96. The number of carbonyl (C=O) groups excluding carboxylic acids is 2. The van der Waals surface area contributed by atoms with Gasteiger partial charge in [-0.1, -0.05) is 30.3 Å². The molecule has 0 aliphatic rings. The van der Waals surface area contributed by atoms with Gasteiger partial charge in [0.15, 0.2) is 0 Å². The maximum absolute atomic E-state index is 12.4. The molecule has 0 radical (unpaired) electrons. The molecule has 2 aromatic carbocycles. The van der Waals surface area contributed by atoms with Crippen LogP contribution in [0, 0.1) is 6.92 Å². The number of nitrogens with zero attached hydrogens (tertiary/aromatic N) is 1. The number of aromatic nitrogens is 1. The van der Waals surface area contributed by atoms with Crippen molar-refractivity contribution in [2.24, 2.45) is 0 Å². The number of hydrogen-bond acceptors (Lipinski definition) is 3. The fraction of sp³-hybridized carbons (Fsp3) is 0.0952. The van der Waals surface area contributed by atoms with Crippen LogP contribution in [-0.2, 0) is 6.54 Å². The van der Waals surface area contributed by atoms with Crippen molar-refractivity contribution in [3.63, 3.8) is 0 Å². The molecule has 0 saturated carbocycles. The largest absolute Gasteiger partial charge is 0.348 e. The highest BCUT2D eigenvalue weighted by Crippen LogP contribution is 2.18. The summed E-state index contributed by atoms with van der Waals surface area (Å²) < 4.78 is 0. The highest BCUT2D eigenvalue weighted by molar-refractivity contribution is 6.05. The van der Waals surface area contributed by atoms with Crippen LogP contribution in [-0.4, -0.2) is 16.8 Å². The SMILES string of the molecule is Cc1ccc(C(=O)NCc2cccnc2)cc1NC(=O)c1ccccc1. The van der Waals surface area contributed by atoms with Gasteiger partial charge in [-0.25, -0.2) is 0 Å². The Morgan fingerprint density at radius 1 is 0.923 bits per heavy atom. The highest BCUT2D eigenvalue weighted by atomic mass is 16.2. The van der Waals surface area contributed by atoms with E-state index < -0.39 is 0 Å². The molecular formula is C21H19N3O2. The predicted molar refractivity (Wildman–Crippen MR) is 101 cm³/mol. The van der Waals surface area contributed by atoms with Crippen molar-refractivity contribution in [3.05, 3.63) is 95.3 Å². The Kier molecular flexibility index (Phi) is 5.39. The minimum absolute atomic E-state index is 0.205. The van der Waals surface area contributed by atoms with Crippen molar-refractivity contribution >= 4 is 17.5 Å². The molecule has 1 heterocycles. The van der Waals surface area contributed by atoms with Gasteiger partial charge in [0.2, 0.25) is 0 Å². The Hall–Kier alpha value is -3.47. The number of pyridine rings is 1. The van der Waals surface area contributed by atoms with Gasteiger partial charge in [-0.3, -0.25) is 14.6 Å². The van der Waals surface area contributed by atoms with E-state index in [2.05, 4.69) is 15.6 Å². The van der Waals surface area contributed by atoms with Gasteiger partial charge in [-0.15, -0.1) is 0 Å². The number of amides is 2. The van der Waals surface area contributed by atoms with Gasteiger partial charge in [0.05, 0.1) is 0 Å². The van der Waals surface area contributed by atoms with Crippen LogP contribution >= 0.6 is 0 Å². The summed E-state index contributed by atoms with van der Waals surface area (Å²) in [5.74, 6) is -0.411. The summed E-state index contributed by atoms with van der Waals surface area (Å²) in [6.07, 6.45) is 3.40. The average Bonchev–Trinajstić information content (AvgIpc) is 2.69. The maximum Gasteiger partial charge on any atom is 0.255 e. The lowest BCUT2D eigenvalue weighted by Crippen LogP contribution is -2.23. The van der Waals surface area contributed by atoms with Gasteiger partial charge in [0, 0.05) is 35.8 Å². The lowest BCUT2D eigenvalue weighted by molar-refractivity contribution is 0.0949. The average molecular weight is 345 g/mol. The van der Waals surface area contributed by atoms with Crippen molar-refractivity contribution in [3.8, 4) is 0 Å². The third kappa shape index (κ3) is 4.33. The Morgan fingerprint density at radius 3 is 2.46 bits per heavy atom. The molecule has 26 heavy (non-hydrogen) atoms. The fourth-order valence-electron chi connectivity index (χ4n) is 2.47. The summed E-state index contributed by atoms with van der Waals surface area (Å²) in [6, 6.07) is 17.9. The van der Waals surface area contributed by atoms with Crippen molar-refractivity contribution in [1.29, 1.82) is 0 Å². The van der Waals surface area contributed by atoms with E-state index in [0.29, 0.717) is 23.4 Å². The van der Waals surface area contributed by atoms with Crippen molar-refractivity contribution in [2.45, 2.75) is 13.5 Å². The molecule has 5 heteroatoms. The van der Waals surface area contributed by atoms with Crippen molar-refractivity contribution < 1.29 is 9.59 Å². The van der Waals surface area contributed by atoms with Gasteiger partial charge in [-0.05, 0) is 48.4 Å². The van der Waals surface area contributed by atoms with Crippen LogP contribution in [0.15, 0.2) is 73.1 Å². The van der Waals surface area contributed by atoms with E-state index in [1.165, 1.54) is 0 Å². The molecule has 0 bridgehead atoms. The molecule has 1 aromatic heterocycles. The highest BCUT2D eigenvalue weighted by Gasteiger charge is 2.11. The maximum atomic E-state index is 12.4. The molecule has 5 nitrogen and oxygen atoms in total. The molecule has 0 aliphatic carbocycles. The van der Waals surface area contributed by atoms with E-state index in [0.717, 1.165) is 11.1 Å². The first-order valence-electron chi connectivity index (χ1n) is 8.27. The zero-order valence-electron chi connectivity index (χ0n) is 14.4. The molecule has 0 saturated heterocycles. The second-order valence-corrected chi connectivity index (χ2v) is 5.89. The van der Waals surface area contributed by atoms with Crippen LogP contribution in [0.4, 0.5) is 5.69 Å². The number of carbonyl (C=O) groups is 2. The molecule has 0 spiro atoms. The molecule has 0 unspecified atom stereocenters. The second kappa shape index (κ2) is 8.07. The quantitative estimate of drug-likeness (QED) is 0.742. The van der Waals surface area contributed by atoms with Crippen LogP contribution < -0.4 is 10.6 Å². The second-order valence-electron chi connectivity index (χ2n) is 5.89. The zero-order chi connectivity index (χ0) is 18.4. The van der Waals surface area contributed by atoms with E-state index in [1.54, 1.807) is 36.7 Å². The Bertz CT molecular complexity index is 909. The van der Waals surface area contributed by atoms with E-state index in [-0.39, 0.29) is 11.8 Å². The Labute approximate surface area is 152 Å². The first kappa shape index (κ1) is 17.4. The number of nitrogens with one attached hydrogen (secondary N) is 2.